The average Bonchev–Trinajstić information content (AvgIpc) is 2.61. The summed E-state index contributed by atoms with van der Waals surface area (Å²) in [6.45, 7) is 5.30. The first-order valence-electron chi connectivity index (χ1n) is 8.28. The van der Waals surface area contributed by atoms with Crippen molar-refractivity contribution in [2.24, 2.45) is 11.7 Å². The molecule has 0 aromatic carbocycles. The minimum absolute atomic E-state index is 0. The molecule has 0 bridgehead atoms. The van der Waals surface area contributed by atoms with Gasteiger partial charge in [-0.05, 0) is 30.9 Å². The molecule has 2 heterocycles. The fraction of sp³-hybridized carbons (Fsp3) is 0.588. The van der Waals surface area contributed by atoms with Gasteiger partial charge in [0.25, 0.3) is 5.91 Å². The molecule has 1 aliphatic rings. The van der Waals surface area contributed by atoms with E-state index in [1.807, 2.05) is 18.7 Å². The number of carbonyl (C=O) groups is 2. The topological polar surface area (TPSA) is 88.3 Å². The number of amides is 2. The van der Waals surface area contributed by atoms with E-state index in [4.69, 9.17) is 5.73 Å². The van der Waals surface area contributed by atoms with Gasteiger partial charge in [0.1, 0.15) is 0 Å². The van der Waals surface area contributed by atoms with Gasteiger partial charge in [0.2, 0.25) is 5.91 Å². The third-order valence-corrected chi connectivity index (χ3v) is 4.62. The maximum Gasteiger partial charge on any atom is 0.253 e. The van der Waals surface area contributed by atoms with Gasteiger partial charge in [0.15, 0.2) is 0 Å². The van der Waals surface area contributed by atoms with Gasteiger partial charge in [0, 0.05) is 37.1 Å². The predicted molar refractivity (Wildman–Crippen MR) is 96.0 cm³/mol. The number of likely N-dealkylation sites (tertiary alicyclic amines) is 1. The van der Waals surface area contributed by atoms with Gasteiger partial charge >= 0.3 is 0 Å². The lowest BCUT2D eigenvalue weighted by Gasteiger charge is -2.33. The van der Waals surface area contributed by atoms with Crippen molar-refractivity contribution < 1.29 is 9.59 Å². The lowest BCUT2D eigenvalue weighted by molar-refractivity contribution is -0.124. The zero-order valence-electron chi connectivity index (χ0n) is 14.3. The zero-order valence-corrected chi connectivity index (χ0v) is 15.1. The van der Waals surface area contributed by atoms with Crippen LogP contribution in [0.2, 0.25) is 0 Å². The van der Waals surface area contributed by atoms with Gasteiger partial charge < -0.3 is 16.0 Å². The Hall–Kier alpha value is -1.66. The predicted octanol–water partition coefficient (Wildman–Crippen LogP) is 1.60. The van der Waals surface area contributed by atoms with Crippen molar-refractivity contribution in [2.75, 3.05) is 13.1 Å². The standard InChI is InChI=1S/C17H26N4O2.ClH/c1-3-12(2)15(18)16(22)20-14-6-10-21(11-7-14)17(23)13-4-8-19-9-5-13;/h4-5,8-9,12,14-15H,3,6-7,10-11,18H2,1-2H3,(H,20,22);1H. The molecule has 24 heavy (non-hydrogen) atoms. The molecule has 134 valence electrons. The average molecular weight is 355 g/mol. The van der Waals surface area contributed by atoms with Crippen molar-refractivity contribution in [2.45, 2.75) is 45.2 Å². The molecular formula is C17H27ClN4O2. The highest BCUT2D eigenvalue weighted by molar-refractivity contribution is 5.94. The summed E-state index contributed by atoms with van der Waals surface area (Å²) in [5.74, 6) is 0.107. The van der Waals surface area contributed by atoms with Gasteiger partial charge in [-0.1, -0.05) is 20.3 Å². The van der Waals surface area contributed by atoms with Crippen LogP contribution in [0.25, 0.3) is 0 Å². The number of rotatable bonds is 5. The Morgan fingerprint density at radius 2 is 1.92 bits per heavy atom. The van der Waals surface area contributed by atoms with E-state index in [9.17, 15) is 9.59 Å². The molecule has 2 atom stereocenters. The second-order valence-electron chi connectivity index (χ2n) is 6.22. The molecular weight excluding hydrogens is 328 g/mol. The largest absolute Gasteiger partial charge is 0.352 e. The fourth-order valence-corrected chi connectivity index (χ4v) is 2.71. The highest BCUT2D eigenvalue weighted by Crippen LogP contribution is 2.14. The Balaban J connectivity index is 0.00000288. The first-order chi connectivity index (χ1) is 11.0. The van der Waals surface area contributed by atoms with Gasteiger partial charge in [-0.3, -0.25) is 14.6 Å². The number of halogens is 1. The van der Waals surface area contributed by atoms with Crippen molar-refractivity contribution >= 4 is 24.2 Å². The Morgan fingerprint density at radius 1 is 1.33 bits per heavy atom. The summed E-state index contributed by atoms with van der Waals surface area (Å²) in [6, 6.07) is 3.08. The van der Waals surface area contributed by atoms with E-state index >= 15 is 0 Å². The van der Waals surface area contributed by atoms with Gasteiger partial charge in [0.05, 0.1) is 6.04 Å². The number of aromatic nitrogens is 1. The van der Waals surface area contributed by atoms with Crippen LogP contribution in [-0.4, -0.2) is 46.9 Å². The van der Waals surface area contributed by atoms with E-state index in [-0.39, 0.29) is 36.2 Å². The van der Waals surface area contributed by atoms with Crippen LogP contribution in [0.1, 0.15) is 43.5 Å². The third-order valence-electron chi connectivity index (χ3n) is 4.62. The van der Waals surface area contributed by atoms with E-state index in [1.165, 1.54) is 0 Å². The second kappa shape index (κ2) is 9.59. The Kier molecular flexibility index (Phi) is 8.15. The lowest BCUT2D eigenvalue weighted by atomic mass is 9.98. The van der Waals surface area contributed by atoms with Crippen molar-refractivity contribution in [3.63, 3.8) is 0 Å². The molecule has 0 radical (unpaired) electrons. The molecule has 7 heteroatoms. The number of nitrogens with two attached hydrogens (primary N) is 1. The summed E-state index contributed by atoms with van der Waals surface area (Å²) in [7, 11) is 0. The van der Waals surface area contributed by atoms with Crippen molar-refractivity contribution in [1.82, 2.24) is 15.2 Å². The minimum Gasteiger partial charge on any atom is -0.352 e. The Morgan fingerprint density at radius 3 is 2.46 bits per heavy atom. The molecule has 2 amide bonds. The van der Waals surface area contributed by atoms with Crippen molar-refractivity contribution in [3.8, 4) is 0 Å². The molecule has 3 N–H and O–H groups in total. The number of carbonyl (C=O) groups excluding carboxylic acids is 2. The van der Waals surface area contributed by atoms with Crippen LogP contribution in [0.5, 0.6) is 0 Å². The number of piperidine rings is 1. The number of hydrogen-bond acceptors (Lipinski definition) is 4. The number of hydrogen-bond donors (Lipinski definition) is 2. The first kappa shape index (κ1) is 20.4. The smallest absolute Gasteiger partial charge is 0.253 e. The van der Waals surface area contributed by atoms with Gasteiger partial charge in [-0.25, -0.2) is 0 Å². The summed E-state index contributed by atoms with van der Waals surface area (Å²) in [6.07, 6.45) is 5.64. The monoisotopic (exact) mass is 354 g/mol. The Labute approximate surface area is 149 Å². The normalized spacial score (nSPS) is 17.5. The van der Waals surface area contributed by atoms with E-state index in [2.05, 4.69) is 10.3 Å². The van der Waals surface area contributed by atoms with Crippen LogP contribution in [-0.2, 0) is 4.79 Å². The fourth-order valence-electron chi connectivity index (χ4n) is 2.71. The molecule has 0 spiro atoms. The van der Waals surface area contributed by atoms with Crippen molar-refractivity contribution in [1.29, 1.82) is 0 Å². The first-order valence-corrected chi connectivity index (χ1v) is 8.28. The zero-order chi connectivity index (χ0) is 16.8. The van der Waals surface area contributed by atoms with Crippen LogP contribution < -0.4 is 11.1 Å². The molecule has 6 nitrogen and oxygen atoms in total. The second-order valence-corrected chi connectivity index (χ2v) is 6.22. The van der Waals surface area contributed by atoms with Gasteiger partial charge in [-0.2, -0.15) is 0 Å². The quantitative estimate of drug-likeness (QED) is 0.840. The molecule has 2 unspecified atom stereocenters. The summed E-state index contributed by atoms with van der Waals surface area (Å²) in [5.41, 5.74) is 6.61. The molecule has 0 saturated carbocycles. The maximum atomic E-state index is 12.4. The minimum atomic E-state index is -0.462. The lowest BCUT2D eigenvalue weighted by Crippen LogP contribution is -2.52. The van der Waals surface area contributed by atoms with E-state index in [1.54, 1.807) is 24.5 Å². The molecule has 1 aromatic heterocycles. The van der Waals surface area contributed by atoms with E-state index in [0.717, 1.165) is 19.3 Å². The molecule has 2 rings (SSSR count). The number of nitrogens with zero attached hydrogens (tertiary/aromatic N) is 2. The summed E-state index contributed by atoms with van der Waals surface area (Å²) < 4.78 is 0. The van der Waals surface area contributed by atoms with Crippen LogP contribution in [0.4, 0.5) is 0 Å². The molecule has 0 aliphatic carbocycles. The maximum absolute atomic E-state index is 12.4. The van der Waals surface area contributed by atoms with Crippen LogP contribution in [0, 0.1) is 5.92 Å². The van der Waals surface area contributed by atoms with Crippen LogP contribution >= 0.6 is 12.4 Å². The summed E-state index contributed by atoms with van der Waals surface area (Å²) in [4.78, 5) is 30.2. The van der Waals surface area contributed by atoms with Crippen LogP contribution in [0.15, 0.2) is 24.5 Å². The number of pyridine rings is 1. The molecule has 1 aliphatic heterocycles. The molecule has 1 fully saturated rings. The van der Waals surface area contributed by atoms with E-state index < -0.39 is 6.04 Å². The highest BCUT2D eigenvalue weighted by atomic mass is 35.5. The SMILES string of the molecule is CCC(C)C(N)C(=O)NC1CCN(C(=O)c2ccncc2)CC1.Cl. The van der Waals surface area contributed by atoms with Gasteiger partial charge in [-0.15, -0.1) is 12.4 Å². The van der Waals surface area contributed by atoms with Crippen molar-refractivity contribution in [3.05, 3.63) is 30.1 Å². The number of nitrogens with one attached hydrogen (secondary N) is 1. The third kappa shape index (κ3) is 5.18. The highest BCUT2D eigenvalue weighted by Gasteiger charge is 2.27. The summed E-state index contributed by atoms with van der Waals surface area (Å²) >= 11 is 0. The Bertz CT molecular complexity index is 533. The summed E-state index contributed by atoms with van der Waals surface area (Å²) in [5, 5.41) is 3.02. The van der Waals surface area contributed by atoms with E-state index in [0.29, 0.717) is 18.7 Å². The van der Waals surface area contributed by atoms with Crippen LogP contribution in [0.3, 0.4) is 0 Å². The molecule has 1 saturated heterocycles. The molecule has 1 aromatic rings.